The molecule has 2 atom stereocenters. The Hall–Kier alpha value is -1.52. The van der Waals surface area contributed by atoms with Crippen molar-refractivity contribution < 1.29 is 23.1 Å². The predicted octanol–water partition coefficient (Wildman–Crippen LogP) is 2.94. The largest absolute Gasteiger partial charge is 0.481 e. The molecular formula is C11H11F3O2. The molecule has 0 radical (unpaired) electrons. The third-order valence-corrected chi connectivity index (χ3v) is 2.44. The van der Waals surface area contributed by atoms with Crippen LogP contribution in [-0.2, 0) is 4.79 Å². The molecule has 0 aliphatic heterocycles. The molecule has 0 amide bonds. The Bertz CT molecular complexity index is 366. The molecule has 0 bridgehead atoms. The molecule has 1 aliphatic rings. The van der Waals surface area contributed by atoms with Gasteiger partial charge < -0.3 is 5.11 Å². The zero-order chi connectivity index (χ0) is 12.4. The summed E-state index contributed by atoms with van der Waals surface area (Å²) >= 11 is 0. The average Bonchev–Trinajstić information content (AvgIpc) is 2.14. The van der Waals surface area contributed by atoms with E-state index < -0.39 is 23.5 Å². The van der Waals surface area contributed by atoms with Crippen molar-refractivity contribution in [3.63, 3.8) is 0 Å². The van der Waals surface area contributed by atoms with Gasteiger partial charge in [-0.15, -0.1) is 0 Å². The van der Waals surface area contributed by atoms with Gasteiger partial charge in [0.15, 0.2) is 0 Å². The molecule has 0 fully saturated rings. The van der Waals surface area contributed by atoms with E-state index in [9.17, 15) is 18.0 Å². The summed E-state index contributed by atoms with van der Waals surface area (Å²) in [6.45, 7) is 1.45. The summed E-state index contributed by atoms with van der Waals surface area (Å²) in [5.74, 6) is -2.12. The first kappa shape index (κ1) is 12.5. The van der Waals surface area contributed by atoms with Crippen LogP contribution in [0.5, 0.6) is 0 Å². The minimum Gasteiger partial charge on any atom is -0.481 e. The van der Waals surface area contributed by atoms with Gasteiger partial charge in [-0.2, -0.15) is 13.2 Å². The first-order valence-corrected chi connectivity index (χ1v) is 4.60. The summed E-state index contributed by atoms with van der Waals surface area (Å²) < 4.78 is 36.1. The summed E-state index contributed by atoms with van der Waals surface area (Å²) in [7, 11) is 0. The first-order chi connectivity index (χ1) is 7.25. The van der Waals surface area contributed by atoms with Gasteiger partial charge in [0.1, 0.15) is 0 Å². The summed E-state index contributed by atoms with van der Waals surface area (Å²) in [5.41, 5.74) is -1.14. The summed E-state index contributed by atoms with van der Waals surface area (Å²) in [6.07, 6.45) is 2.42. The van der Waals surface area contributed by atoms with E-state index >= 15 is 0 Å². The number of hydrogen-bond acceptors (Lipinski definition) is 1. The Labute approximate surface area is 90.8 Å². The summed E-state index contributed by atoms with van der Waals surface area (Å²) in [5, 5.41) is 8.90. The number of halogens is 3. The number of carboxylic acids is 1. The Kier molecular flexibility index (Phi) is 3.26. The normalized spacial score (nSPS) is 29.9. The second-order valence-corrected chi connectivity index (χ2v) is 3.80. The van der Waals surface area contributed by atoms with Crippen LogP contribution in [0.15, 0.2) is 36.5 Å². The van der Waals surface area contributed by atoms with Crippen molar-refractivity contribution >= 4 is 5.97 Å². The van der Waals surface area contributed by atoms with Gasteiger partial charge in [-0.3, -0.25) is 4.79 Å². The smallest absolute Gasteiger partial charge is 0.409 e. The molecule has 0 spiro atoms. The van der Waals surface area contributed by atoms with E-state index in [4.69, 9.17) is 5.11 Å². The maximum absolute atomic E-state index is 12.0. The lowest BCUT2D eigenvalue weighted by atomic mass is 9.74. The maximum atomic E-state index is 12.0. The number of carboxylic acid groups (broad SMARTS) is 1. The molecule has 2 unspecified atom stereocenters. The lowest BCUT2D eigenvalue weighted by Crippen LogP contribution is -2.30. The van der Waals surface area contributed by atoms with Gasteiger partial charge in [-0.1, -0.05) is 37.3 Å². The van der Waals surface area contributed by atoms with E-state index in [0.29, 0.717) is 0 Å². The molecule has 0 saturated heterocycles. The lowest BCUT2D eigenvalue weighted by Gasteiger charge is -2.29. The molecule has 0 aromatic rings. The van der Waals surface area contributed by atoms with Crippen LogP contribution in [0.2, 0.25) is 0 Å². The number of rotatable bonds is 2. The summed E-state index contributed by atoms with van der Waals surface area (Å²) in [4.78, 5) is 10.9. The second kappa shape index (κ2) is 4.15. The van der Waals surface area contributed by atoms with Gasteiger partial charge in [-0.25, -0.2) is 0 Å². The number of alkyl halides is 3. The maximum Gasteiger partial charge on any atom is 0.409 e. The van der Waals surface area contributed by atoms with Crippen molar-refractivity contribution in [3.05, 3.63) is 36.5 Å². The Morgan fingerprint density at radius 1 is 1.44 bits per heavy atom. The van der Waals surface area contributed by atoms with Crippen LogP contribution in [0.25, 0.3) is 0 Å². The number of aliphatic carboxylic acids is 1. The molecule has 1 aliphatic carbocycles. The molecule has 0 aromatic heterocycles. The van der Waals surface area contributed by atoms with Crippen molar-refractivity contribution in [1.82, 2.24) is 0 Å². The molecule has 1 N–H and O–H groups in total. The minimum absolute atomic E-state index is 0.0758. The van der Waals surface area contributed by atoms with E-state index in [-0.39, 0.29) is 6.08 Å². The van der Waals surface area contributed by atoms with Crippen molar-refractivity contribution in [2.75, 3.05) is 0 Å². The van der Waals surface area contributed by atoms with Crippen LogP contribution in [-0.4, -0.2) is 17.3 Å². The molecule has 0 heterocycles. The fourth-order valence-electron chi connectivity index (χ4n) is 1.53. The Balaban J connectivity index is 2.98. The lowest BCUT2D eigenvalue weighted by molar-refractivity contribution is -0.142. The molecule has 1 rings (SSSR count). The number of carbonyl (C=O) groups is 1. The molecule has 88 valence electrons. The molecule has 0 saturated carbocycles. The molecule has 16 heavy (non-hydrogen) atoms. The van der Waals surface area contributed by atoms with Crippen LogP contribution in [0.4, 0.5) is 13.2 Å². The highest BCUT2D eigenvalue weighted by Gasteiger charge is 2.36. The highest BCUT2D eigenvalue weighted by Crippen LogP contribution is 2.36. The quantitative estimate of drug-likeness (QED) is 0.743. The highest BCUT2D eigenvalue weighted by molar-refractivity contribution is 5.74. The van der Waals surface area contributed by atoms with Crippen LogP contribution >= 0.6 is 0 Å². The SMILES string of the molecule is CC1(/C=C/C(F)(F)F)C=CC=CC1C(=O)O. The van der Waals surface area contributed by atoms with E-state index in [1.165, 1.54) is 25.2 Å². The van der Waals surface area contributed by atoms with Gasteiger partial charge >= 0.3 is 12.1 Å². The third kappa shape index (κ3) is 2.98. The summed E-state index contributed by atoms with van der Waals surface area (Å²) in [6, 6.07) is 0. The predicted molar refractivity (Wildman–Crippen MR) is 52.7 cm³/mol. The zero-order valence-corrected chi connectivity index (χ0v) is 8.53. The van der Waals surface area contributed by atoms with Crippen molar-refractivity contribution in [2.45, 2.75) is 13.1 Å². The van der Waals surface area contributed by atoms with E-state index in [1.54, 1.807) is 6.08 Å². The fraction of sp³-hybridized carbons (Fsp3) is 0.364. The van der Waals surface area contributed by atoms with Crippen LogP contribution in [0.3, 0.4) is 0 Å². The fourth-order valence-corrected chi connectivity index (χ4v) is 1.53. The molecule has 5 heteroatoms. The van der Waals surface area contributed by atoms with E-state index in [2.05, 4.69) is 0 Å². The molecule has 0 aromatic carbocycles. The number of hydrogen-bond donors (Lipinski definition) is 1. The van der Waals surface area contributed by atoms with Gasteiger partial charge in [0.05, 0.1) is 5.92 Å². The van der Waals surface area contributed by atoms with Gasteiger partial charge in [-0.05, 0) is 0 Å². The van der Waals surface area contributed by atoms with E-state index in [1.807, 2.05) is 0 Å². The van der Waals surface area contributed by atoms with Crippen molar-refractivity contribution in [2.24, 2.45) is 11.3 Å². The average molecular weight is 232 g/mol. The molecule has 2 nitrogen and oxygen atoms in total. The Morgan fingerprint density at radius 2 is 2.06 bits per heavy atom. The second-order valence-electron chi connectivity index (χ2n) is 3.80. The van der Waals surface area contributed by atoms with Crippen LogP contribution < -0.4 is 0 Å². The van der Waals surface area contributed by atoms with Crippen molar-refractivity contribution in [3.8, 4) is 0 Å². The standard InChI is InChI=1S/C11H11F3O2/c1-10(6-7-11(12,13)14)5-3-2-4-8(10)9(15)16/h2-8H,1H3,(H,15,16)/b7-6+. The highest BCUT2D eigenvalue weighted by atomic mass is 19.4. The number of allylic oxidation sites excluding steroid dienone is 5. The first-order valence-electron chi connectivity index (χ1n) is 4.60. The van der Waals surface area contributed by atoms with Gasteiger partial charge in [0.2, 0.25) is 0 Å². The monoisotopic (exact) mass is 232 g/mol. The molecular weight excluding hydrogens is 221 g/mol. The zero-order valence-electron chi connectivity index (χ0n) is 8.53. The topological polar surface area (TPSA) is 37.3 Å². The van der Waals surface area contributed by atoms with Crippen LogP contribution in [0, 0.1) is 11.3 Å². The third-order valence-electron chi connectivity index (χ3n) is 2.44. The van der Waals surface area contributed by atoms with Crippen LogP contribution in [0.1, 0.15) is 6.92 Å². The van der Waals surface area contributed by atoms with Gasteiger partial charge in [0, 0.05) is 11.5 Å². The van der Waals surface area contributed by atoms with E-state index in [0.717, 1.165) is 6.08 Å². The van der Waals surface area contributed by atoms with Crippen molar-refractivity contribution in [1.29, 1.82) is 0 Å². The van der Waals surface area contributed by atoms with Gasteiger partial charge in [0.25, 0.3) is 0 Å². The minimum atomic E-state index is -4.43. The Morgan fingerprint density at radius 3 is 2.56 bits per heavy atom.